The standard InChI is InChI=1S/C54H56N4O/c1-3-5-7-9-11-20-32-57-49-26-18-16-24-45(49)47-37-40(28-30-51(47)57)42-34-43(36-44(35-42)54-56-55-53(59-54)39-22-14-13-15-23-39)41-29-31-52-48(38-41)46-25-17-19-27-50(46)58(52)33-21-12-10-8-6-4-2/h13-19,22-31,34-38H,3-12,20-21,32-33H2,1-2H3. The van der Waals surface area contributed by atoms with E-state index < -0.39 is 0 Å². The number of hydrogen-bond acceptors (Lipinski definition) is 3. The van der Waals surface area contributed by atoms with Crippen LogP contribution in [0.2, 0.25) is 0 Å². The van der Waals surface area contributed by atoms with E-state index in [1.165, 1.54) is 132 Å². The van der Waals surface area contributed by atoms with Crippen molar-refractivity contribution < 1.29 is 4.42 Å². The van der Waals surface area contributed by atoms with Gasteiger partial charge in [-0.05, 0) is 102 Å². The van der Waals surface area contributed by atoms with Gasteiger partial charge in [-0.2, -0.15) is 0 Å². The van der Waals surface area contributed by atoms with Crippen LogP contribution in [0.4, 0.5) is 0 Å². The maximum Gasteiger partial charge on any atom is 0.248 e. The second kappa shape index (κ2) is 17.9. The van der Waals surface area contributed by atoms with E-state index in [9.17, 15) is 0 Å². The second-order valence-corrected chi connectivity index (χ2v) is 16.4. The van der Waals surface area contributed by atoms with Gasteiger partial charge >= 0.3 is 0 Å². The van der Waals surface area contributed by atoms with Crippen molar-refractivity contribution in [1.82, 2.24) is 19.3 Å². The van der Waals surface area contributed by atoms with E-state index in [4.69, 9.17) is 4.42 Å². The van der Waals surface area contributed by atoms with Gasteiger partial charge in [-0.1, -0.05) is 145 Å². The Hall–Kier alpha value is -5.94. The zero-order valence-electron chi connectivity index (χ0n) is 34.8. The van der Waals surface area contributed by atoms with Gasteiger partial charge in [0.15, 0.2) is 0 Å². The van der Waals surface area contributed by atoms with E-state index in [0.717, 1.165) is 35.3 Å². The molecule has 6 aromatic carbocycles. The van der Waals surface area contributed by atoms with Crippen molar-refractivity contribution in [3.05, 3.63) is 133 Å². The number of nitrogens with zero attached hydrogens (tertiary/aromatic N) is 4. The van der Waals surface area contributed by atoms with Crippen LogP contribution in [0.5, 0.6) is 0 Å². The van der Waals surface area contributed by atoms with E-state index >= 15 is 0 Å². The fourth-order valence-corrected chi connectivity index (χ4v) is 9.17. The molecule has 298 valence electrons. The zero-order chi connectivity index (χ0) is 40.0. The van der Waals surface area contributed by atoms with E-state index in [1.807, 2.05) is 30.3 Å². The van der Waals surface area contributed by atoms with E-state index in [0.29, 0.717) is 11.8 Å². The Kier molecular flexibility index (Phi) is 11.7. The van der Waals surface area contributed by atoms with Crippen LogP contribution in [0.25, 0.3) is 88.8 Å². The van der Waals surface area contributed by atoms with Crippen LogP contribution in [0.3, 0.4) is 0 Å². The summed E-state index contributed by atoms with van der Waals surface area (Å²) in [5.74, 6) is 1.03. The summed E-state index contributed by atoms with van der Waals surface area (Å²) >= 11 is 0. The van der Waals surface area contributed by atoms with Gasteiger partial charge in [-0.15, -0.1) is 10.2 Å². The number of rotatable bonds is 18. The second-order valence-electron chi connectivity index (χ2n) is 16.4. The Morgan fingerprint density at radius 1 is 0.356 bits per heavy atom. The van der Waals surface area contributed by atoms with Gasteiger partial charge in [-0.3, -0.25) is 0 Å². The highest BCUT2D eigenvalue weighted by atomic mass is 16.4. The molecule has 5 nitrogen and oxygen atoms in total. The maximum atomic E-state index is 6.41. The first-order chi connectivity index (χ1) is 29.2. The van der Waals surface area contributed by atoms with Gasteiger partial charge in [0.2, 0.25) is 11.8 Å². The van der Waals surface area contributed by atoms with Crippen molar-refractivity contribution in [2.24, 2.45) is 0 Å². The highest BCUT2D eigenvalue weighted by Gasteiger charge is 2.18. The lowest BCUT2D eigenvalue weighted by molar-refractivity contribution is 0.571. The molecular formula is C54H56N4O. The molecule has 0 N–H and O–H groups in total. The molecule has 0 aliphatic carbocycles. The highest BCUT2D eigenvalue weighted by Crippen LogP contribution is 2.39. The Bertz CT molecular complexity index is 2670. The third-order valence-electron chi connectivity index (χ3n) is 12.3. The zero-order valence-corrected chi connectivity index (χ0v) is 34.8. The van der Waals surface area contributed by atoms with Crippen molar-refractivity contribution in [1.29, 1.82) is 0 Å². The molecule has 0 bridgehead atoms. The number of para-hydroxylation sites is 2. The average molecular weight is 777 g/mol. The van der Waals surface area contributed by atoms with Crippen molar-refractivity contribution in [2.45, 2.75) is 104 Å². The van der Waals surface area contributed by atoms with Crippen molar-refractivity contribution in [3.8, 4) is 45.2 Å². The average Bonchev–Trinajstić information content (AvgIpc) is 3.99. The molecule has 9 rings (SSSR count). The van der Waals surface area contributed by atoms with Crippen LogP contribution in [0.1, 0.15) is 90.9 Å². The maximum absolute atomic E-state index is 6.41. The molecule has 0 unspecified atom stereocenters. The summed E-state index contributed by atoms with van der Waals surface area (Å²) in [6, 6.07) is 48.6. The predicted molar refractivity (Wildman–Crippen MR) is 249 cm³/mol. The molecule has 0 aliphatic rings. The van der Waals surface area contributed by atoms with Gasteiger partial charge in [-0.25, -0.2) is 0 Å². The first-order valence-electron chi connectivity index (χ1n) is 22.3. The first-order valence-corrected chi connectivity index (χ1v) is 22.3. The van der Waals surface area contributed by atoms with Crippen LogP contribution in [-0.4, -0.2) is 19.3 Å². The largest absolute Gasteiger partial charge is 0.416 e. The normalized spacial score (nSPS) is 11.8. The molecule has 0 aliphatic heterocycles. The Balaban J connectivity index is 1.12. The summed E-state index contributed by atoms with van der Waals surface area (Å²) < 4.78 is 11.5. The summed E-state index contributed by atoms with van der Waals surface area (Å²) in [6.45, 7) is 6.64. The Labute approximate surface area is 348 Å². The molecular weight excluding hydrogens is 721 g/mol. The number of aromatic nitrogens is 4. The lowest BCUT2D eigenvalue weighted by Gasteiger charge is -2.11. The smallest absolute Gasteiger partial charge is 0.248 e. The van der Waals surface area contributed by atoms with Gasteiger partial charge in [0.25, 0.3) is 0 Å². The number of fused-ring (bicyclic) bond motifs is 6. The fourth-order valence-electron chi connectivity index (χ4n) is 9.17. The van der Waals surface area contributed by atoms with Crippen molar-refractivity contribution in [3.63, 3.8) is 0 Å². The summed E-state index contributed by atoms with van der Waals surface area (Å²) in [4.78, 5) is 0. The lowest BCUT2D eigenvalue weighted by Crippen LogP contribution is -1.98. The van der Waals surface area contributed by atoms with E-state index in [-0.39, 0.29) is 0 Å². The predicted octanol–water partition coefficient (Wildman–Crippen LogP) is 15.7. The molecule has 0 saturated heterocycles. The molecule has 9 aromatic rings. The van der Waals surface area contributed by atoms with E-state index in [2.05, 4.69) is 136 Å². The van der Waals surface area contributed by atoms with Gasteiger partial charge < -0.3 is 13.6 Å². The number of benzene rings is 6. The topological polar surface area (TPSA) is 48.8 Å². The van der Waals surface area contributed by atoms with Crippen LogP contribution in [0, 0.1) is 0 Å². The monoisotopic (exact) mass is 776 g/mol. The van der Waals surface area contributed by atoms with Crippen LogP contribution >= 0.6 is 0 Å². The minimum absolute atomic E-state index is 0.514. The first kappa shape index (κ1) is 38.6. The molecule has 5 heteroatoms. The Morgan fingerprint density at radius 3 is 1.31 bits per heavy atom. The SMILES string of the molecule is CCCCCCCCn1c2ccccc2c2cc(-c3cc(-c4ccc5c(c4)c4ccccc4n5CCCCCCCC)cc(-c4nnc(-c5ccccc5)o4)c3)ccc21. The third-order valence-corrected chi connectivity index (χ3v) is 12.3. The van der Waals surface area contributed by atoms with Gasteiger partial charge in [0.1, 0.15) is 0 Å². The van der Waals surface area contributed by atoms with Crippen molar-refractivity contribution in [2.75, 3.05) is 0 Å². The third kappa shape index (κ3) is 8.08. The van der Waals surface area contributed by atoms with Crippen LogP contribution < -0.4 is 0 Å². The molecule has 59 heavy (non-hydrogen) atoms. The number of aryl methyl sites for hydroxylation is 2. The molecule has 3 aromatic heterocycles. The molecule has 0 fully saturated rings. The van der Waals surface area contributed by atoms with Gasteiger partial charge in [0, 0.05) is 67.8 Å². The molecule has 0 radical (unpaired) electrons. The fraction of sp³-hybridized carbons (Fsp3) is 0.296. The minimum atomic E-state index is 0.514. The lowest BCUT2D eigenvalue weighted by atomic mass is 9.94. The molecule has 3 heterocycles. The van der Waals surface area contributed by atoms with Crippen molar-refractivity contribution >= 4 is 43.6 Å². The molecule has 0 spiro atoms. The Morgan fingerprint density at radius 2 is 0.780 bits per heavy atom. The summed E-state index contributed by atoms with van der Waals surface area (Å²) in [5.41, 5.74) is 11.6. The van der Waals surface area contributed by atoms with Crippen LogP contribution in [0.15, 0.2) is 138 Å². The summed E-state index contributed by atoms with van der Waals surface area (Å²) in [5, 5.41) is 14.3. The van der Waals surface area contributed by atoms with Crippen LogP contribution in [-0.2, 0) is 13.1 Å². The van der Waals surface area contributed by atoms with Gasteiger partial charge in [0.05, 0.1) is 0 Å². The summed E-state index contributed by atoms with van der Waals surface area (Å²) in [7, 11) is 0. The minimum Gasteiger partial charge on any atom is -0.416 e. The number of unbranched alkanes of at least 4 members (excludes halogenated alkanes) is 10. The number of hydrogen-bond donors (Lipinski definition) is 0. The van der Waals surface area contributed by atoms with E-state index in [1.54, 1.807) is 0 Å². The molecule has 0 amide bonds. The summed E-state index contributed by atoms with van der Waals surface area (Å²) in [6.07, 6.45) is 15.5. The highest BCUT2D eigenvalue weighted by molar-refractivity contribution is 6.10. The molecule has 0 saturated carbocycles. The molecule has 0 atom stereocenters. The quantitative estimate of drug-likeness (QED) is 0.0816.